The van der Waals surface area contributed by atoms with E-state index in [9.17, 15) is 40.6 Å². The van der Waals surface area contributed by atoms with Crippen LogP contribution in [-0.2, 0) is 6.18 Å². The van der Waals surface area contributed by atoms with Gasteiger partial charge in [-0.1, -0.05) is 0 Å². The van der Waals surface area contributed by atoms with E-state index in [1.807, 2.05) is 0 Å². The van der Waals surface area contributed by atoms with Crippen molar-refractivity contribution in [1.82, 2.24) is 29.8 Å². The molecule has 0 spiro atoms. The first-order valence-corrected chi connectivity index (χ1v) is 10.9. The number of amides is 1. The number of nitrogen functional groups attached to an aromatic ring is 1. The number of rotatable bonds is 6. The molecular weight excluding hydrogens is 531 g/mol. The van der Waals surface area contributed by atoms with Crippen LogP contribution in [0.25, 0.3) is 16.8 Å². The summed E-state index contributed by atoms with van der Waals surface area (Å²) in [6.07, 6.45) is -12.1. The number of ether oxygens (including phenoxy) is 1. The number of carbonyl (C=O) groups excluding carboxylic acids is 1. The topological polar surface area (TPSA) is 131 Å². The van der Waals surface area contributed by atoms with Gasteiger partial charge in [-0.05, 0) is 12.1 Å². The number of hydrogen-bond acceptors (Lipinski definition) is 8. The largest absolute Gasteiger partial charge is 0.480 e. The minimum atomic E-state index is -4.89. The molecule has 1 saturated heterocycles. The van der Waals surface area contributed by atoms with E-state index in [4.69, 9.17) is 10.5 Å². The molecule has 206 valence electrons. The van der Waals surface area contributed by atoms with Crippen molar-refractivity contribution in [2.45, 2.75) is 30.7 Å². The fraction of sp³-hybridized carbons (Fsp3) is 0.429. The van der Waals surface area contributed by atoms with Crippen LogP contribution in [0, 0.1) is 0 Å². The predicted octanol–water partition coefficient (Wildman–Crippen LogP) is 2.08. The summed E-state index contributed by atoms with van der Waals surface area (Å²) in [4.78, 5) is 21.6. The maximum atomic E-state index is 14.5. The minimum Gasteiger partial charge on any atom is -0.480 e. The van der Waals surface area contributed by atoms with Crippen molar-refractivity contribution in [3.05, 3.63) is 35.8 Å². The third-order valence-corrected chi connectivity index (χ3v) is 5.92. The molecule has 0 radical (unpaired) electrons. The number of aromatic nitrogens is 4. The van der Waals surface area contributed by atoms with Crippen LogP contribution in [0.5, 0.6) is 5.88 Å². The summed E-state index contributed by atoms with van der Waals surface area (Å²) < 4.78 is 99.3. The van der Waals surface area contributed by atoms with Gasteiger partial charge in [0, 0.05) is 31.4 Å². The van der Waals surface area contributed by atoms with Gasteiger partial charge in [-0.3, -0.25) is 9.69 Å². The SMILES string of the molecule is COc1ncc(-c2cc(C(F)(F)F)c3c(N)ncnn23)cc1C(=O)NC1CN(CC(O)C(F)(F)F)CC1F. The fourth-order valence-corrected chi connectivity index (χ4v) is 4.13. The Hall–Kier alpha value is -3.73. The number of hydrogen-bond donors (Lipinski definition) is 3. The van der Waals surface area contributed by atoms with Crippen LogP contribution in [-0.4, -0.2) is 86.7 Å². The summed E-state index contributed by atoms with van der Waals surface area (Å²) in [5.41, 5.74) is 3.59. The Bertz CT molecular complexity index is 1350. The Morgan fingerprint density at radius 1 is 1.24 bits per heavy atom. The number of halogens is 7. The first kappa shape index (κ1) is 27.3. The van der Waals surface area contributed by atoms with Gasteiger partial charge in [0.1, 0.15) is 23.6 Å². The number of aliphatic hydroxyl groups excluding tert-OH is 1. The van der Waals surface area contributed by atoms with E-state index in [1.165, 1.54) is 7.11 Å². The lowest BCUT2D eigenvalue weighted by Gasteiger charge is -2.21. The normalized spacial score (nSPS) is 19.6. The Kier molecular flexibility index (Phi) is 7.09. The van der Waals surface area contributed by atoms with Gasteiger partial charge in [0.25, 0.3) is 5.91 Å². The highest BCUT2D eigenvalue weighted by molar-refractivity contribution is 5.98. The van der Waals surface area contributed by atoms with E-state index in [2.05, 4.69) is 20.4 Å². The summed E-state index contributed by atoms with van der Waals surface area (Å²) in [5, 5.41) is 15.4. The molecule has 0 bridgehead atoms. The molecule has 0 aromatic carbocycles. The highest BCUT2D eigenvalue weighted by atomic mass is 19.4. The zero-order chi connectivity index (χ0) is 28.0. The Balaban J connectivity index is 1.63. The van der Waals surface area contributed by atoms with Gasteiger partial charge in [-0.2, -0.15) is 31.4 Å². The van der Waals surface area contributed by atoms with E-state index in [0.717, 1.165) is 34.1 Å². The molecule has 38 heavy (non-hydrogen) atoms. The van der Waals surface area contributed by atoms with Gasteiger partial charge in [0.15, 0.2) is 11.9 Å². The van der Waals surface area contributed by atoms with Crippen LogP contribution < -0.4 is 15.8 Å². The number of alkyl halides is 7. The number of methoxy groups -OCH3 is 1. The molecule has 10 nitrogen and oxygen atoms in total. The number of nitrogens with one attached hydrogen (secondary N) is 1. The second-order valence-electron chi connectivity index (χ2n) is 8.50. The van der Waals surface area contributed by atoms with E-state index in [0.29, 0.717) is 0 Å². The highest BCUT2D eigenvalue weighted by Gasteiger charge is 2.43. The summed E-state index contributed by atoms with van der Waals surface area (Å²) in [6, 6.07) is 0.661. The van der Waals surface area contributed by atoms with Crippen LogP contribution in [0.2, 0.25) is 0 Å². The number of anilines is 1. The molecule has 4 rings (SSSR count). The minimum absolute atomic E-state index is 0.00213. The molecule has 4 N–H and O–H groups in total. The summed E-state index contributed by atoms with van der Waals surface area (Å²) in [5.74, 6) is -1.61. The fourth-order valence-electron chi connectivity index (χ4n) is 4.13. The number of β-amino-alcohol motifs (C(OH)–C–C–N with tert-alkyl or cyclic N) is 1. The van der Waals surface area contributed by atoms with E-state index in [-0.39, 0.29) is 29.2 Å². The Labute approximate surface area is 209 Å². The van der Waals surface area contributed by atoms with Gasteiger partial charge < -0.3 is 20.9 Å². The molecule has 0 saturated carbocycles. The standard InChI is InChI=1S/C21H20F7N7O3/c1-38-19-10(18(37)33-13-6-34(5-12(13)22)7-15(36)21(26,27)28)2-9(4-30-19)14-3-11(20(23,24)25)16-17(29)31-8-32-35(14)16/h2-4,8,12-13,15,36H,5-7H2,1H3,(H,33,37)(H2,29,31,32). The number of nitrogens with zero attached hydrogens (tertiary/aromatic N) is 5. The summed E-state index contributed by atoms with van der Waals surface area (Å²) in [6.45, 7) is -1.68. The van der Waals surface area contributed by atoms with Gasteiger partial charge in [-0.15, -0.1) is 0 Å². The number of nitrogens with two attached hydrogens (primary N) is 1. The molecule has 3 atom stereocenters. The van der Waals surface area contributed by atoms with Crippen molar-refractivity contribution in [2.75, 3.05) is 32.5 Å². The molecular formula is C21H20F7N7O3. The third-order valence-electron chi connectivity index (χ3n) is 5.92. The average molecular weight is 551 g/mol. The first-order chi connectivity index (χ1) is 17.7. The Morgan fingerprint density at radius 2 is 1.95 bits per heavy atom. The zero-order valence-electron chi connectivity index (χ0n) is 19.4. The van der Waals surface area contributed by atoms with E-state index in [1.54, 1.807) is 0 Å². The zero-order valence-corrected chi connectivity index (χ0v) is 19.4. The van der Waals surface area contributed by atoms with Gasteiger partial charge in [0.05, 0.1) is 24.4 Å². The van der Waals surface area contributed by atoms with E-state index >= 15 is 0 Å². The average Bonchev–Trinajstić information content (AvgIpc) is 3.39. The Morgan fingerprint density at radius 3 is 2.58 bits per heavy atom. The highest BCUT2D eigenvalue weighted by Crippen LogP contribution is 2.39. The van der Waals surface area contributed by atoms with Crippen LogP contribution in [0.15, 0.2) is 24.7 Å². The maximum absolute atomic E-state index is 14.5. The van der Waals surface area contributed by atoms with Gasteiger partial charge in [0.2, 0.25) is 5.88 Å². The van der Waals surface area contributed by atoms with Crippen molar-refractivity contribution in [3.63, 3.8) is 0 Å². The first-order valence-electron chi connectivity index (χ1n) is 10.9. The predicted molar refractivity (Wildman–Crippen MR) is 117 cm³/mol. The second-order valence-corrected chi connectivity index (χ2v) is 8.50. The lowest BCUT2D eigenvalue weighted by molar-refractivity contribution is -0.207. The third kappa shape index (κ3) is 5.28. The molecule has 1 amide bonds. The quantitative estimate of drug-likeness (QED) is 0.397. The number of fused-ring (bicyclic) bond motifs is 1. The summed E-state index contributed by atoms with van der Waals surface area (Å²) >= 11 is 0. The van der Waals surface area contributed by atoms with Crippen molar-refractivity contribution in [1.29, 1.82) is 0 Å². The maximum Gasteiger partial charge on any atom is 0.418 e. The van der Waals surface area contributed by atoms with Crippen LogP contribution >= 0.6 is 0 Å². The molecule has 3 aromatic rings. The lowest BCUT2D eigenvalue weighted by Crippen LogP contribution is -2.43. The summed E-state index contributed by atoms with van der Waals surface area (Å²) in [7, 11) is 1.18. The van der Waals surface area contributed by atoms with Crippen LogP contribution in [0.1, 0.15) is 15.9 Å². The van der Waals surface area contributed by atoms with Gasteiger partial charge >= 0.3 is 12.4 Å². The van der Waals surface area contributed by atoms with Crippen molar-refractivity contribution in [2.24, 2.45) is 0 Å². The molecule has 4 heterocycles. The monoisotopic (exact) mass is 551 g/mol. The molecule has 0 aliphatic carbocycles. The lowest BCUT2D eigenvalue weighted by atomic mass is 10.1. The molecule has 3 aromatic heterocycles. The van der Waals surface area contributed by atoms with E-state index < -0.39 is 66.6 Å². The molecule has 1 fully saturated rings. The number of likely N-dealkylation sites (tertiary alicyclic amines) is 1. The second kappa shape index (κ2) is 9.86. The molecule has 17 heteroatoms. The molecule has 1 aliphatic heterocycles. The van der Waals surface area contributed by atoms with Crippen molar-refractivity contribution >= 4 is 17.2 Å². The van der Waals surface area contributed by atoms with Crippen molar-refractivity contribution in [3.8, 4) is 17.1 Å². The number of aliphatic hydroxyl groups is 1. The van der Waals surface area contributed by atoms with Crippen LogP contribution in [0.4, 0.5) is 36.6 Å². The number of carbonyl (C=O) groups is 1. The molecule has 1 aliphatic rings. The van der Waals surface area contributed by atoms with Crippen LogP contribution in [0.3, 0.4) is 0 Å². The van der Waals surface area contributed by atoms with Gasteiger partial charge in [-0.25, -0.2) is 18.9 Å². The van der Waals surface area contributed by atoms with Crippen molar-refractivity contribution < 1.29 is 45.4 Å². The number of pyridine rings is 1. The smallest absolute Gasteiger partial charge is 0.418 e. The molecule has 3 unspecified atom stereocenters.